The van der Waals surface area contributed by atoms with E-state index < -0.39 is 11.0 Å². The molecule has 0 spiro atoms. The van der Waals surface area contributed by atoms with Gasteiger partial charge in [-0.2, -0.15) is 5.26 Å². The highest BCUT2D eigenvalue weighted by Gasteiger charge is 2.34. The van der Waals surface area contributed by atoms with E-state index in [1.165, 1.54) is 0 Å². The van der Waals surface area contributed by atoms with Gasteiger partial charge in [0.15, 0.2) is 0 Å². The Morgan fingerprint density at radius 1 is 1.44 bits per heavy atom. The molecule has 0 aliphatic carbocycles. The Labute approximate surface area is 96.9 Å². The highest BCUT2D eigenvalue weighted by atomic mass is 16.3. The summed E-state index contributed by atoms with van der Waals surface area (Å²) < 4.78 is 0. The van der Waals surface area contributed by atoms with Gasteiger partial charge in [-0.05, 0) is 40.0 Å². The minimum Gasteiger partial charge on any atom is -0.390 e. The zero-order valence-corrected chi connectivity index (χ0v) is 10.3. The molecule has 1 unspecified atom stereocenters. The van der Waals surface area contributed by atoms with E-state index >= 15 is 0 Å². The molecule has 0 aromatic carbocycles. The molecule has 1 N–H and O–H groups in total. The van der Waals surface area contributed by atoms with Crippen LogP contribution >= 0.6 is 0 Å². The topological polar surface area (TPSA) is 64.3 Å². The SMILES string of the molecule is CC1(O)CCCN(C(=O)C(C)(C)C#N)CC1. The molecule has 1 rings (SSSR count). The lowest BCUT2D eigenvalue weighted by atomic mass is 9.93. The summed E-state index contributed by atoms with van der Waals surface area (Å²) in [4.78, 5) is 13.7. The van der Waals surface area contributed by atoms with Crippen LogP contribution in [0.25, 0.3) is 0 Å². The van der Waals surface area contributed by atoms with Crippen molar-refractivity contribution in [2.75, 3.05) is 13.1 Å². The van der Waals surface area contributed by atoms with Gasteiger partial charge >= 0.3 is 0 Å². The molecule has 0 radical (unpaired) electrons. The van der Waals surface area contributed by atoms with Gasteiger partial charge in [-0.15, -0.1) is 0 Å². The molecule has 0 aromatic heterocycles. The average Bonchev–Trinajstić information content (AvgIpc) is 2.38. The summed E-state index contributed by atoms with van der Waals surface area (Å²) in [6.07, 6.45) is 2.09. The quantitative estimate of drug-likeness (QED) is 0.730. The zero-order valence-electron chi connectivity index (χ0n) is 10.3. The van der Waals surface area contributed by atoms with Crippen LogP contribution in [0.3, 0.4) is 0 Å². The van der Waals surface area contributed by atoms with Crippen molar-refractivity contribution >= 4 is 5.91 Å². The number of carbonyl (C=O) groups is 1. The largest absolute Gasteiger partial charge is 0.390 e. The van der Waals surface area contributed by atoms with E-state index in [4.69, 9.17) is 5.26 Å². The summed E-state index contributed by atoms with van der Waals surface area (Å²) in [5.41, 5.74) is -1.64. The van der Waals surface area contributed by atoms with E-state index in [0.29, 0.717) is 25.9 Å². The molecule has 4 heteroatoms. The third-order valence-corrected chi connectivity index (χ3v) is 3.17. The van der Waals surface area contributed by atoms with Crippen LogP contribution in [0.15, 0.2) is 0 Å². The number of rotatable bonds is 1. The van der Waals surface area contributed by atoms with Crippen molar-refractivity contribution in [1.29, 1.82) is 5.26 Å². The first-order chi connectivity index (χ1) is 7.28. The summed E-state index contributed by atoms with van der Waals surface area (Å²) >= 11 is 0. The van der Waals surface area contributed by atoms with Crippen molar-refractivity contribution in [3.8, 4) is 6.07 Å². The molecular formula is C12H20N2O2. The van der Waals surface area contributed by atoms with Gasteiger partial charge < -0.3 is 10.0 Å². The molecule has 1 aliphatic heterocycles. The highest BCUT2D eigenvalue weighted by Crippen LogP contribution is 2.25. The summed E-state index contributed by atoms with van der Waals surface area (Å²) in [6.45, 7) is 6.25. The Kier molecular flexibility index (Phi) is 3.59. The van der Waals surface area contributed by atoms with E-state index in [1.54, 1.807) is 25.7 Å². The highest BCUT2D eigenvalue weighted by molar-refractivity contribution is 5.84. The first-order valence-electron chi connectivity index (χ1n) is 5.71. The Balaban J connectivity index is 2.70. The van der Waals surface area contributed by atoms with Crippen LogP contribution in [0.2, 0.25) is 0 Å². The third kappa shape index (κ3) is 2.96. The predicted octanol–water partition coefficient (Wildman–Crippen LogP) is 1.30. The average molecular weight is 224 g/mol. The van der Waals surface area contributed by atoms with Crippen LogP contribution in [-0.2, 0) is 4.79 Å². The van der Waals surface area contributed by atoms with Gasteiger partial charge in [-0.25, -0.2) is 0 Å². The molecule has 90 valence electrons. The fourth-order valence-electron chi connectivity index (χ4n) is 1.91. The van der Waals surface area contributed by atoms with E-state index in [2.05, 4.69) is 0 Å². The van der Waals surface area contributed by atoms with Crippen LogP contribution < -0.4 is 0 Å². The third-order valence-electron chi connectivity index (χ3n) is 3.17. The molecule has 1 atom stereocenters. The molecule has 1 heterocycles. The monoisotopic (exact) mass is 224 g/mol. The van der Waals surface area contributed by atoms with Crippen molar-refractivity contribution < 1.29 is 9.90 Å². The lowest BCUT2D eigenvalue weighted by Crippen LogP contribution is -2.41. The maximum absolute atomic E-state index is 12.0. The van der Waals surface area contributed by atoms with E-state index in [-0.39, 0.29) is 5.91 Å². The fourth-order valence-corrected chi connectivity index (χ4v) is 1.91. The second kappa shape index (κ2) is 4.42. The van der Waals surface area contributed by atoms with Crippen LogP contribution in [0.5, 0.6) is 0 Å². The van der Waals surface area contributed by atoms with Crippen LogP contribution in [0, 0.1) is 16.7 Å². The maximum Gasteiger partial charge on any atom is 0.242 e. The molecule has 1 aliphatic rings. The first kappa shape index (κ1) is 13.0. The van der Waals surface area contributed by atoms with Crippen LogP contribution in [0.1, 0.15) is 40.0 Å². The normalized spacial score (nSPS) is 27.1. The van der Waals surface area contributed by atoms with Crippen molar-refractivity contribution in [3.63, 3.8) is 0 Å². The number of nitrogens with zero attached hydrogens (tertiary/aromatic N) is 2. The number of hydrogen-bond donors (Lipinski definition) is 1. The van der Waals surface area contributed by atoms with Crippen molar-refractivity contribution in [2.45, 2.75) is 45.6 Å². The summed E-state index contributed by atoms with van der Waals surface area (Å²) in [5.74, 6) is -0.132. The van der Waals surface area contributed by atoms with Crippen molar-refractivity contribution in [2.24, 2.45) is 5.41 Å². The van der Waals surface area contributed by atoms with Gasteiger partial charge in [-0.1, -0.05) is 0 Å². The molecule has 0 aromatic rings. The molecule has 16 heavy (non-hydrogen) atoms. The van der Waals surface area contributed by atoms with E-state index in [9.17, 15) is 9.90 Å². The molecule has 0 bridgehead atoms. The Morgan fingerprint density at radius 2 is 2.06 bits per heavy atom. The lowest BCUT2D eigenvalue weighted by molar-refractivity contribution is -0.137. The van der Waals surface area contributed by atoms with E-state index in [1.807, 2.05) is 6.07 Å². The Bertz CT molecular complexity index is 315. The van der Waals surface area contributed by atoms with Crippen LogP contribution in [-0.4, -0.2) is 34.6 Å². The number of hydrogen-bond acceptors (Lipinski definition) is 3. The number of aliphatic hydroxyl groups is 1. The number of nitriles is 1. The number of carbonyl (C=O) groups excluding carboxylic acids is 1. The summed E-state index contributed by atoms with van der Waals surface area (Å²) in [6, 6.07) is 2.03. The second-order valence-corrected chi connectivity index (χ2v) is 5.38. The Hall–Kier alpha value is -1.08. The number of likely N-dealkylation sites (tertiary alicyclic amines) is 1. The van der Waals surface area contributed by atoms with Gasteiger partial charge in [0.2, 0.25) is 5.91 Å². The van der Waals surface area contributed by atoms with Gasteiger partial charge in [0.05, 0.1) is 11.7 Å². The standard InChI is InChI=1S/C12H20N2O2/c1-11(2,9-13)10(15)14-7-4-5-12(3,16)6-8-14/h16H,4-8H2,1-3H3. The summed E-state index contributed by atoms with van der Waals surface area (Å²) in [7, 11) is 0. The smallest absolute Gasteiger partial charge is 0.242 e. The fraction of sp³-hybridized carbons (Fsp3) is 0.833. The first-order valence-corrected chi connectivity index (χ1v) is 5.71. The minimum absolute atomic E-state index is 0.132. The maximum atomic E-state index is 12.0. The Morgan fingerprint density at radius 3 is 2.62 bits per heavy atom. The van der Waals surface area contributed by atoms with Crippen LogP contribution in [0.4, 0.5) is 0 Å². The molecular weight excluding hydrogens is 204 g/mol. The molecule has 1 fully saturated rings. The van der Waals surface area contributed by atoms with E-state index in [0.717, 1.165) is 6.42 Å². The van der Waals surface area contributed by atoms with Crippen molar-refractivity contribution in [1.82, 2.24) is 4.90 Å². The molecule has 0 saturated carbocycles. The predicted molar refractivity (Wildman–Crippen MR) is 60.4 cm³/mol. The van der Waals surface area contributed by atoms with Gasteiger partial charge in [0.1, 0.15) is 5.41 Å². The summed E-state index contributed by atoms with van der Waals surface area (Å²) in [5, 5.41) is 18.8. The van der Waals surface area contributed by atoms with Crippen molar-refractivity contribution in [3.05, 3.63) is 0 Å². The number of amides is 1. The molecule has 1 amide bonds. The molecule has 1 saturated heterocycles. The van der Waals surface area contributed by atoms with Gasteiger partial charge in [-0.3, -0.25) is 4.79 Å². The zero-order chi connectivity index (χ0) is 12.4. The molecule has 4 nitrogen and oxygen atoms in total. The van der Waals surface area contributed by atoms with Gasteiger partial charge in [0.25, 0.3) is 0 Å². The van der Waals surface area contributed by atoms with Gasteiger partial charge in [0, 0.05) is 13.1 Å². The lowest BCUT2D eigenvalue weighted by Gasteiger charge is -2.27. The minimum atomic E-state index is -0.962. The second-order valence-electron chi connectivity index (χ2n) is 5.38.